The highest BCUT2D eigenvalue weighted by Crippen LogP contribution is 2.24. The van der Waals surface area contributed by atoms with Crippen LogP contribution >= 0.6 is 15.9 Å². The van der Waals surface area contributed by atoms with E-state index in [0.29, 0.717) is 36.5 Å². The lowest BCUT2D eigenvalue weighted by Gasteiger charge is -2.09. The van der Waals surface area contributed by atoms with E-state index in [9.17, 15) is 0 Å². The zero-order valence-corrected chi connectivity index (χ0v) is 12.6. The van der Waals surface area contributed by atoms with Crippen LogP contribution in [-0.4, -0.2) is 16.6 Å². The molecule has 3 N–H and O–H groups in total. The van der Waals surface area contributed by atoms with Crippen LogP contribution in [0.25, 0.3) is 0 Å². The van der Waals surface area contributed by atoms with Crippen molar-refractivity contribution in [1.82, 2.24) is 9.97 Å². The molecular formula is C13H15BrN4O2. The number of rotatable bonds is 6. The Morgan fingerprint density at radius 2 is 2.15 bits per heavy atom. The van der Waals surface area contributed by atoms with E-state index >= 15 is 0 Å². The second-order valence-corrected chi connectivity index (χ2v) is 4.76. The smallest absolute Gasteiger partial charge is 0.224 e. The Kier molecular flexibility index (Phi) is 5.28. The quantitative estimate of drug-likeness (QED) is 0.622. The number of nitrogens with two attached hydrogens (primary N) is 1. The van der Waals surface area contributed by atoms with Crippen molar-refractivity contribution in [2.75, 3.05) is 12.0 Å². The zero-order valence-electron chi connectivity index (χ0n) is 11.0. The number of hydrazine groups is 1. The van der Waals surface area contributed by atoms with Gasteiger partial charge in [-0.25, -0.2) is 10.8 Å². The van der Waals surface area contributed by atoms with Crippen LogP contribution in [0.15, 0.2) is 34.8 Å². The predicted octanol–water partition coefficient (Wildman–Crippen LogP) is 2.85. The largest absolute Gasteiger partial charge is 0.439 e. The molecule has 0 unspecified atom stereocenters. The molecule has 2 rings (SSSR count). The van der Waals surface area contributed by atoms with Crippen molar-refractivity contribution < 1.29 is 9.47 Å². The molecule has 0 bridgehead atoms. The highest BCUT2D eigenvalue weighted by molar-refractivity contribution is 9.10. The van der Waals surface area contributed by atoms with Crippen molar-refractivity contribution in [2.45, 2.75) is 13.5 Å². The van der Waals surface area contributed by atoms with E-state index in [-0.39, 0.29) is 0 Å². The molecule has 1 aromatic heterocycles. The van der Waals surface area contributed by atoms with Gasteiger partial charge in [0.2, 0.25) is 5.88 Å². The Morgan fingerprint density at radius 1 is 1.30 bits per heavy atom. The minimum absolute atomic E-state index is 0.306. The Hall–Kier alpha value is -1.70. The first kappa shape index (κ1) is 14.7. The molecule has 1 heterocycles. The van der Waals surface area contributed by atoms with E-state index in [1.165, 1.54) is 0 Å². The molecule has 0 saturated carbocycles. The molecule has 0 saturated heterocycles. The Morgan fingerprint density at radius 3 is 2.85 bits per heavy atom. The van der Waals surface area contributed by atoms with Crippen molar-refractivity contribution in [2.24, 2.45) is 5.84 Å². The summed E-state index contributed by atoms with van der Waals surface area (Å²) >= 11 is 3.39. The average Bonchev–Trinajstić information content (AvgIpc) is 2.45. The molecule has 0 atom stereocenters. The number of nitrogen functional groups attached to an aromatic ring is 1. The SMILES string of the molecule is CCOCc1nc(NN)cc(Oc2cccc(Br)c2)n1. The van der Waals surface area contributed by atoms with E-state index in [1.54, 1.807) is 6.07 Å². The van der Waals surface area contributed by atoms with Crippen LogP contribution in [0.5, 0.6) is 11.6 Å². The van der Waals surface area contributed by atoms with Gasteiger partial charge in [0.25, 0.3) is 0 Å². The molecule has 0 aliphatic heterocycles. The number of hydrogen-bond acceptors (Lipinski definition) is 6. The van der Waals surface area contributed by atoms with Crippen LogP contribution in [-0.2, 0) is 11.3 Å². The molecule has 0 radical (unpaired) electrons. The second kappa shape index (κ2) is 7.18. The first-order chi connectivity index (χ1) is 9.71. The summed E-state index contributed by atoms with van der Waals surface area (Å²) in [5.74, 6) is 7.44. The molecule has 0 spiro atoms. The fraction of sp³-hybridized carbons (Fsp3) is 0.231. The summed E-state index contributed by atoms with van der Waals surface area (Å²) in [6.07, 6.45) is 0. The van der Waals surface area contributed by atoms with Crippen LogP contribution < -0.4 is 16.0 Å². The van der Waals surface area contributed by atoms with Crippen molar-refractivity contribution in [3.63, 3.8) is 0 Å². The molecule has 0 fully saturated rings. The molecule has 106 valence electrons. The minimum atomic E-state index is 0.306. The fourth-order valence-electron chi connectivity index (χ4n) is 1.51. The number of anilines is 1. The van der Waals surface area contributed by atoms with Gasteiger partial charge in [0.15, 0.2) is 5.82 Å². The average molecular weight is 339 g/mol. The van der Waals surface area contributed by atoms with Crippen molar-refractivity contribution in [3.8, 4) is 11.6 Å². The van der Waals surface area contributed by atoms with Gasteiger partial charge in [-0.1, -0.05) is 22.0 Å². The maximum absolute atomic E-state index is 5.69. The Balaban J connectivity index is 2.21. The summed E-state index contributed by atoms with van der Waals surface area (Å²) in [7, 11) is 0. The minimum Gasteiger partial charge on any atom is -0.439 e. The molecule has 20 heavy (non-hydrogen) atoms. The van der Waals surface area contributed by atoms with E-state index in [2.05, 4.69) is 31.3 Å². The lowest BCUT2D eigenvalue weighted by atomic mass is 10.3. The van der Waals surface area contributed by atoms with Crippen molar-refractivity contribution in [1.29, 1.82) is 0 Å². The number of ether oxygens (including phenoxy) is 2. The standard InChI is InChI=1S/C13H15BrN4O2/c1-2-19-8-12-16-11(18-15)7-13(17-12)20-10-5-3-4-9(14)6-10/h3-7H,2,8,15H2,1H3,(H,16,17,18). The van der Waals surface area contributed by atoms with Crippen molar-refractivity contribution in [3.05, 3.63) is 40.6 Å². The Bertz CT molecular complexity index is 580. The summed E-state index contributed by atoms with van der Waals surface area (Å²) in [6, 6.07) is 9.10. The van der Waals surface area contributed by atoms with Crippen LogP contribution in [0.4, 0.5) is 5.82 Å². The van der Waals surface area contributed by atoms with Gasteiger partial charge in [-0.05, 0) is 25.1 Å². The number of nitrogens with one attached hydrogen (secondary N) is 1. The molecule has 0 amide bonds. The third-order valence-corrected chi connectivity index (χ3v) is 2.84. The van der Waals surface area contributed by atoms with Gasteiger partial charge in [-0.2, -0.15) is 4.98 Å². The molecular weight excluding hydrogens is 324 g/mol. The first-order valence-corrected chi connectivity index (χ1v) is 6.86. The van der Waals surface area contributed by atoms with Gasteiger partial charge >= 0.3 is 0 Å². The van der Waals surface area contributed by atoms with E-state index in [0.717, 1.165) is 4.47 Å². The molecule has 7 heteroatoms. The number of hydrogen-bond donors (Lipinski definition) is 2. The van der Waals surface area contributed by atoms with Gasteiger partial charge < -0.3 is 14.9 Å². The van der Waals surface area contributed by atoms with E-state index < -0.39 is 0 Å². The summed E-state index contributed by atoms with van der Waals surface area (Å²) in [6.45, 7) is 2.80. The normalized spacial score (nSPS) is 10.3. The third kappa shape index (κ3) is 4.16. The van der Waals surface area contributed by atoms with Crippen LogP contribution in [0.1, 0.15) is 12.7 Å². The highest BCUT2D eigenvalue weighted by Gasteiger charge is 2.06. The van der Waals surface area contributed by atoms with Crippen LogP contribution in [0.3, 0.4) is 0 Å². The summed E-state index contributed by atoms with van der Waals surface area (Å²) in [4.78, 5) is 8.46. The maximum Gasteiger partial charge on any atom is 0.224 e. The first-order valence-electron chi connectivity index (χ1n) is 6.07. The van der Waals surface area contributed by atoms with Gasteiger partial charge in [-0.15, -0.1) is 0 Å². The lowest BCUT2D eigenvalue weighted by Crippen LogP contribution is -2.11. The van der Waals surface area contributed by atoms with E-state index in [4.69, 9.17) is 15.3 Å². The maximum atomic E-state index is 5.69. The van der Waals surface area contributed by atoms with Crippen molar-refractivity contribution >= 4 is 21.7 Å². The van der Waals surface area contributed by atoms with Crippen LogP contribution in [0.2, 0.25) is 0 Å². The van der Waals surface area contributed by atoms with Gasteiger partial charge in [-0.3, -0.25) is 0 Å². The molecule has 6 nitrogen and oxygen atoms in total. The van der Waals surface area contributed by atoms with Gasteiger partial charge in [0.05, 0.1) is 0 Å². The molecule has 1 aromatic carbocycles. The monoisotopic (exact) mass is 338 g/mol. The Labute approximate surface area is 125 Å². The third-order valence-electron chi connectivity index (χ3n) is 2.35. The summed E-state index contributed by atoms with van der Waals surface area (Å²) < 4.78 is 11.9. The topological polar surface area (TPSA) is 82.3 Å². The number of aromatic nitrogens is 2. The van der Waals surface area contributed by atoms with Crippen LogP contribution in [0, 0.1) is 0 Å². The predicted molar refractivity (Wildman–Crippen MR) is 79.4 cm³/mol. The summed E-state index contributed by atoms with van der Waals surface area (Å²) in [5.41, 5.74) is 2.49. The molecule has 0 aliphatic rings. The summed E-state index contributed by atoms with van der Waals surface area (Å²) in [5, 5.41) is 0. The molecule has 0 aliphatic carbocycles. The zero-order chi connectivity index (χ0) is 14.4. The lowest BCUT2D eigenvalue weighted by molar-refractivity contribution is 0.128. The number of nitrogens with zero attached hydrogens (tertiary/aromatic N) is 2. The van der Waals surface area contributed by atoms with E-state index in [1.807, 2.05) is 31.2 Å². The number of benzene rings is 1. The van der Waals surface area contributed by atoms with Gasteiger partial charge in [0, 0.05) is 17.1 Å². The second-order valence-electron chi connectivity index (χ2n) is 3.85. The fourth-order valence-corrected chi connectivity index (χ4v) is 1.89. The number of halogens is 1. The van der Waals surface area contributed by atoms with Gasteiger partial charge in [0.1, 0.15) is 18.2 Å². The highest BCUT2D eigenvalue weighted by atomic mass is 79.9. The molecule has 2 aromatic rings.